The second-order valence-electron chi connectivity index (χ2n) is 9.40. The molecule has 0 amide bonds. The fraction of sp³-hybridized carbons (Fsp3) is 0.448. The normalized spacial score (nSPS) is 14.9. The summed E-state index contributed by atoms with van der Waals surface area (Å²) >= 11 is 0. The molecular formula is C29H34FNO6. The smallest absolute Gasteiger partial charge is 0.303 e. The zero-order chi connectivity index (χ0) is 26.0. The number of hydrogen-bond donors (Lipinski definition) is 1. The number of aryl methyl sites for hydroxylation is 1. The molecule has 7 nitrogen and oxygen atoms in total. The Morgan fingerprint density at radius 1 is 1.05 bits per heavy atom. The number of carboxylic acids is 1. The maximum atomic E-state index is 14.7. The molecule has 198 valence electrons. The van der Waals surface area contributed by atoms with E-state index in [9.17, 15) is 9.18 Å². The van der Waals surface area contributed by atoms with Gasteiger partial charge in [-0.15, -0.1) is 0 Å². The predicted molar refractivity (Wildman–Crippen MR) is 137 cm³/mol. The number of carbonyl (C=O) groups is 1. The Morgan fingerprint density at radius 2 is 1.81 bits per heavy atom. The van der Waals surface area contributed by atoms with Crippen LogP contribution in [0.5, 0.6) is 17.2 Å². The third kappa shape index (κ3) is 7.97. The molecule has 0 unspecified atom stereocenters. The number of carboxylic acid groups (broad SMARTS) is 1. The lowest BCUT2D eigenvalue weighted by Crippen LogP contribution is -2.20. The van der Waals surface area contributed by atoms with Crippen LogP contribution < -0.4 is 14.2 Å². The average molecular weight is 512 g/mol. The number of hydrogen-bond acceptors (Lipinski definition) is 6. The summed E-state index contributed by atoms with van der Waals surface area (Å²) in [6.07, 6.45) is 10.1. The SMILES string of the molecule is C1CC1.COc1ccc(F)c(-c2onc(COc3cccc(CCC(=O)O)c3)c2OC2CCCCC2)c1. The van der Waals surface area contributed by atoms with E-state index in [-0.39, 0.29) is 30.5 Å². The van der Waals surface area contributed by atoms with E-state index in [4.69, 9.17) is 23.8 Å². The van der Waals surface area contributed by atoms with E-state index in [0.717, 1.165) is 31.2 Å². The third-order valence-electron chi connectivity index (χ3n) is 6.23. The van der Waals surface area contributed by atoms with E-state index in [1.807, 2.05) is 12.1 Å². The monoisotopic (exact) mass is 511 g/mol. The van der Waals surface area contributed by atoms with Crippen LogP contribution in [0.25, 0.3) is 11.3 Å². The molecule has 2 fully saturated rings. The highest BCUT2D eigenvalue weighted by Crippen LogP contribution is 2.39. The predicted octanol–water partition coefficient (Wildman–Crippen LogP) is 6.97. The molecule has 1 N–H and O–H groups in total. The first-order valence-electron chi connectivity index (χ1n) is 13.0. The fourth-order valence-electron chi connectivity index (χ4n) is 4.05. The Bertz CT molecular complexity index is 1170. The van der Waals surface area contributed by atoms with Gasteiger partial charge in [0.25, 0.3) is 0 Å². The maximum absolute atomic E-state index is 14.7. The molecule has 2 aliphatic rings. The highest BCUT2D eigenvalue weighted by Gasteiger charge is 2.26. The first-order valence-corrected chi connectivity index (χ1v) is 13.0. The van der Waals surface area contributed by atoms with E-state index >= 15 is 0 Å². The van der Waals surface area contributed by atoms with Crippen molar-refractivity contribution in [1.29, 1.82) is 0 Å². The van der Waals surface area contributed by atoms with E-state index in [1.54, 1.807) is 18.2 Å². The quantitative estimate of drug-likeness (QED) is 0.314. The lowest BCUT2D eigenvalue weighted by molar-refractivity contribution is -0.136. The van der Waals surface area contributed by atoms with Crippen molar-refractivity contribution in [3.05, 3.63) is 59.5 Å². The van der Waals surface area contributed by atoms with Gasteiger partial charge >= 0.3 is 5.97 Å². The first-order chi connectivity index (χ1) is 18.0. The zero-order valence-corrected chi connectivity index (χ0v) is 21.2. The number of aromatic nitrogens is 1. The molecule has 37 heavy (non-hydrogen) atoms. The number of ether oxygens (including phenoxy) is 3. The molecule has 3 aromatic rings. The molecule has 0 atom stereocenters. The van der Waals surface area contributed by atoms with Crippen molar-refractivity contribution in [2.24, 2.45) is 0 Å². The van der Waals surface area contributed by atoms with Crippen LogP contribution in [0.15, 0.2) is 47.0 Å². The second kappa shape index (κ2) is 13.1. The van der Waals surface area contributed by atoms with Gasteiger partial charge in [-0.2, -0.15) is 0 Å². The molecule has 0 radical (unpaired) electrons. The Balaban J connectivity index is 0.000000994. The zero-order valence-electron chi connectivity index (χ0n) is 21.2. The van der Waals surface area contributed by atoms with Crippen LogP contribution in [0.3, 0.4) is 0 Å². The van der Waals surface area contributed by atoms with E-state index < -0.39 is 11.8 Å². The number of aliphatic carboxylic acids is 1. The molecule has 0 bridgehead atoms. The van der Waals surface area contributed by atoms with Crippen molar-refractivity contribution in [3.8, 4) is 28.6 Å². The molecule has 2 saturated carbocycles. The van der Waals surface area contributed by atoms with Crippen molar-refractivity contribution in [3.63, 3.8) is 0 Å². The summed E-state index contributed by atoms with van der Waals surface area (Å²) in [5.41, 5.74) is 1.50. The summed E-state index contributed by atoms with van der Waals surface area (Å²) in [6.45, 7) is 0.0551. The third-order valence-corrected chi connectivity index (χ3v) is 6.23. The molecule has 0 spiro atoms. The van der Waals surface area contributed by atoms with Gasteiger partial charge in [-0.05, 0) is 68.0 Å². The average Bonchev–Trinajstić information content (AvgIpc) is 3.76. The van der Waals surface area contributed by atoms with Gasteiger partial charge in [-0.25, -0.2) is 4.39 Å². The summed E-state index contributed by atoms with van der Waals surface area (Å²) < 4.78 is 37.8. The van der Waals surface area contributed by atoms with Crippen molar-refractivity contribution >= 4 is 5.97 Å². The topological polar surface area (TPSA) is 91.0 Å². The number of rotatable bonds is 10. The minimum Gasteiger partial charge on any atom is -0.497 e. The fourth-order valence-corrected chi connectivity index (χ4v) is 4.05. The van der Waals surface area contributed by atoms with Crippen LogP contribution in [0.2, 0.25) is 0 Å². The molecule has 5 rings (SSSR count). The summed E-state index contributed by atoms with van der Waals surface area (Å²) in [4.78, 5) is 10.9. The van der Waals surface area contributed by atoms with Crippen LogP contribution in [-0.4, -0.2) is 29.4 Å². The lowest BCUT2D eigenvalue weighted by atomic mass is 9.97. The summed E-state index contributed by atoms with van der Waals surface area (Å²) in [5, 5.41) is 13.1. The minimum absolute atomic E-state index is 0.00124. The molecule has 2 aliphatic carbocycles. The van der Waals surface area contributed by atoms with Gasteiger partial charge in [0, 0.05) is 6.42 Å². The Hall–Kier alpha value is -3.55. The van der Waals surface area contributed by atoms with Crippen LogP contribution in [0.4, 0.5) is 4.39 Å². The molecule has 1 heterocycles. The number of halogens is 1. The van der Waals surface area contributed by atoms with Crippen molar-refractivity contribution < 1.29 is 33.0 Å². The van der Waals surface area contributed by atoms with E-state index in [0.29, 0.717) is 29.4 Å². The van der Waals surface area contributed by atoms with Crippen LogP contribution in [0.1, 0.15) is 69.0 Å². The summed E-state index contributed by atoms with van der Waals surface area (Å²) in [7, 11) is 1.51. The molecule has 0 saturated heterocycles. The Labute approximate surface area is 216 Å². The van der Waals surface area contributed by atoms with Gasteiger partial charge in [-0.3, -0.25) is 4.79 Å². The van der Waals surface area contributed by atoms with Crippen molar-refractivity contribution in [2.45, 2.75) is 76.9 Å². The highest BCUT2D eigenvalue weighted by atomic mass is 19.1. The van der Waals surface area contributed by atoms with E-state index in [1.165, 1.54) is 44.9 Å². The molecule has 0 aliphatic heterocycles. The Morgan fingerprint density at radius 3 is 2.51 bits per heavy atom. The van der Waals surface area contributed by atoms with Crippen LogP contribution in [-0.2, 0) is 17.8 Å². The molecule has 2 aromatic carbocycles. The van der Waals surface area contributed by atoms with E-state index in [2.05, 4.69) is 5.16 Å². The second-order valence-corrected chi connectivity index (χ2v) is 9.40. The summed E-state index contributed by atoms with van der Waals surface area (Å²) in [6, 6.07) is 11.7. The molecular weight excluding hydrogens is 477 g/mol. The highest BCUT2D eigenvalue weighted by molar-refractivity contribution is 5.68. The lowest BCUT2D eigenvalue weighted by Gasteiger charge is -2.23. The minimum atomic E-state index is -0.851. The first kappa shape index (κ1) is 26.5. The van der Waals surface area contributed by atoms with Gasteiger partial charge < -0.3 is 23.8 Å². The summed E-state index contributed by atoms with van der Waals surface area (Å²) in [5.74, 6) is 0.327. The number of nitrogens with zero attached hydrogens (tertiary/aromatic N) is 1. The van der Waals surface area contributed by atoms with Gasteiger partial charge in [0.1, 0.15) is 23.9 Å². The number of methoxy groups -OCH3 is 1. The van der Waals surface area contributed by atoms with Gasteiger partial charge in [0.2, 0.25) is 5.76 Å². The number of benzene rings is 2. The molecule has 8 heteroatoms. The maximum Gasteiger partial charge on any atom is 0.303 e. The van der Waals surface area contributed by atoms with Crippen LogP contribution >= 0.6 is 0 Å². The largest absolute Gasteiger partial charge is 0.497 e. The standard InChI is InChI=1S/C26H28FNO6.C3H6/c1-31-19-11-12-22(27)21(15-19)25-26(33-18-7-3-2-4-8-18)23(28-34-25)16-32-20-9-5-6-17(14-20)10-13-24(29)30;1-2-3-1/h5-6,9,11-12,14-15,18H,2-4,7-8,10,13,16H2,1H3,(H,29,30);1-3H2. The molecule has 1 aromatic heterocycles. The van der Waals surface area contributed by atoms with Crippen molar-refractivity contribution in [1.82, 2.24) is 5.16 Å². The van der Waals surface area contributed by atoms with Gasteiger partial charge in [-0.1, -0.05) is 43.0 Å². The van der Waals surface area contributed by atoms with Gasteiger partial charge in [0.05, 0.1) is 18.8 Å². The Kier molecular flexibility index (Phi) is 9.40. The van der Waals surface area contributed by atoms with Crippen LogP contribution in [0, 0.1) is 5.82 Å². The van der Waals surface area contributed by atoms with Gasteiger partial charge in [0.15, 0.2) is 11.4 Å². The van der Waals surface area contributed by atoms with Crippen molar-refractivity contribution in [2.75, 3.05) is 7.11 Å².